The number of nitrogens with one attached hydrogen (secondary N) is 1. The first-order chi connectivity index (χ1) is 9.42. The molecule has 0 bridgehead atoms. The molecule has 0 aliphatic heterocycles. The molecule has 1 atom stereocenters. The van der Waals surface area contributed by atoms with Crippen molar-refractivity contribution in [2.24, 2.45) is 0 Å². The Hall–Kier alpha value is -1.31. The molecule has 0 saturated heterocycles. The minimum absolute atomic E-state index is 0.0802. The van der Waals surface area contributed by atoms with Crippen molar-refractivity contribution in [1.29, 1.82) is 0 Å². The summed E-state index contributed by atoms with van der Waals surface area (Å²) in [6.07, 6.45) is -5.15. The lowest BCUT2D eigenvalue weighted by Crippen LogP contribution is -2.39. The first kappa shape index (κ1) is 16.7. The molecule has 1 N–H and O–H groups in total. The van der Waals surface area contributed by atoms with Crippen molar-refractivity contribution in [3.05, 3.63) is 29.8 Å². The maximum Gasteiger partial charge on any atom is 0.407 e. The molecule has 4 nitrogen and oxygen atoms in total. The van der Waals surface area contributed by atoms with Crippen molar-refractivity contribution in [2.45, 2.75) is 18.5 Å². The molecule has 0 saturated carbocycles. The summed E-state index contributed by atoms with van der Waals surface area (Å²) in [6, 6.07) is 3.93. The fraction of sp³-hybridized carbons (Fsp3) is 0.538. The zero-order chi connectivity index (χ0) is 15.2. The van der Waals surface area contributed by atoms with Crippen LogP contribution in [0.3, 0.4) is 0 Å². The number of methoxy groups -OCH3 is 3. The van der Waals surface area contributed by atoms with Crippen LogP contribution >= 0.6 is 0 Å². The molecule has 0 fully saturated rings. The summed E-state index contributed by atoms with van der Waals surface area (Å²) in [4.78, 5) is 0. The van der Waals surface area contributed by atoms with Crippen LogP contribution in [-0.2, 0) is 9.47 Å². The van der Waals surface area contributed by atoms with Crippen LogP contribution in [0, 0.1) is 0 Å². The Morgan fingerprint density at radius 3 is 2.00 bits per heavy atom. The van der Waals surface area contributed by atoms with Gasteiger partial charge in [0.25, 0.3) is 0 Å². The van der Waals surface area contributed by atoms with E-state index in [-0.39, 0.29) is 12.1 Å². The van der Waals surface area contributed by atoms with Crippen molar-refractivity contribution < 1.29 is 27.4 Å². The fourth-order valence-corrected chi connectivity index (χ4v) is 1.70. The Balaban J connectivity index is 2.83. The van der Waals surface area contributed by atoms with Gasteiger partial charge in [-0.25, -0.2) is 0 Å². The summed E-state index contributed by atoms with van der Waals surface area (Å²) in [7, 11) is 4.19. The summed E-state index contributed by atoms with van der Waals surface area (Å²) in [5.74, 6) is 0.501. The highest BCUT2D eigenvalue weighted by Crippen LogP contribution is 2.33. The Labute approximate surface area is 115 Å². The lowest BCUT2D eigenvalue weighted by atomic mass is 10.1. The fourth-order valence-electron chi connectivity index (χ4n) is 1.70. The standard InChI is InChI=1S/C13H18F3NO3/c1-18-10-6-4-9(5-7-10)12(13(14,15)16)17-8-11(19-2)20-3/h4-7,11-12,17H,8H2,1-3H3. The summed E-state index contributed by atoms with van der Waals surface area (Å²) in [5, 5.41) is 2.40. The number of rotatable bonds is 7. The van der Waals surface area contributed by atoms with Crippen LogP contribution in [0.2, 0.25) is 0 Å². The Morgan fingerprint density at radius 2 is 1.60 bits per heavy atom. The molecule has 0 amide bonds. The SMILES string of the molecule is COc1ccc(C(NCC(OC)OC)C(F)(F)F)cc1. The predicted molar refractivity (Wildman–Crippen MR) is 67.6 cm³/mol. The van der Waals surface area contributed by atoms with Gasteiger partial charge in [-0.2, -0.15) is 13.2 Å². The second-order valence-corrected chi connectivity index (χ2v) is 4.06. The number of alkyl halides is 3. The number of ether oxygens (including phenoxy) is 3. The van der Waals surface area contributed by atoms with E-state index in [0.29, 0.717) is 5.75 Å². The van der Waals surface area contributed by atoms with Crippen LogP contribution in [0.15, 0.2) is 24.3 Å². The van der Waals surface area contributed by atoms with Gasteiger partial charge in [-0.05, 0) is 17.7 Å². The molecule has 0 aromatic heterocycles. The molecule has 20 heavy (non-hydrogen) atoms. The average Bonchev–Trinajstić information content (AvgIpc) is 2.43. The Kier molecular flexibility index (Phi) is 6.25. The normalized spacial score (nSPS) is 13.6. The van der Waals surface area contributed by atoms with Gasteiger partial charge in [-0.1, -0.05) is 12.1 Å². The minimum atomic E-state index is -4.42. The summed E-state index contributed by atoms with van der Waals surface area (Å²) in [6.45, 7) is -0.0802. The molecule has 0 aliphatic carbocycles. The third kappa shape index (κ3) is 4.66. The molecule has 7 heteroatoms. The predicted octanol–water partition coefficient (Wildman–Crippen LogP) is 2.51. The van der Waals surface area contributed by atoms with E-state index < -0.39 is 18.5 Å². The zero-order valence-corrected chi connectivity index (χ0v) is 11.5. The molecule has 0 heterocycles. The van der Waals surface area contributed by atoms with Crippen molar-refractivity contribution >= 4 is 0 Å². The monoisotopic (exact) mass is 293 g/mol. The van der Waals surface area contributed by atoms with Crippen LogP contribution in [0.4, 0.5) is 13.2 Å². The second-order valence-electron chi connectivity index (χ2n) is 4.06. The number of benzene rings is 1. The van der Waals surface area contributed by atoms with Crippen molar-refractivity contribution in [3.8, 4) is 5.75 Å². The van der Waals surface area contributed by atoms with E-state index in [1.807, 2.05) is 0 Å². The summed E-state index contributed by atoms with van der Waals surface area (Å²) >= 11 is 0. The van der Waals surface area contributed by atoms with Gasteiger partial charge >= 0.3 is 6.18 Å². The van der Waals surface area contributed by atoms with Gasteiger partial charge < -0.3 is 14.2 Å². The van der Waals surface area contributed by atoms with Gasteiger partial charge in [0.1, 0.15) is 11.8 Å². The van der Waals surface area contributed by atoms with Gasteiger partial charge in [0.15, 0.2) is 6.29 Å². The van der Waals surface area contributed by atoms with Crippen LogP contribution in [0.5, 0.6) is 5.75 Å². The average molecular weight is 293 g/mol. The van der Waals surface area contributed by atoms with Gasteiger partial charge in [0.2, 0.25) is 0 Å². The Morgan fingerprint density at radius 1 is 1.05 bits per heavy atom. The van der Waals surface area contributed by atoms with Gasteiger partial charge in [-0.15, -0.1) is 0 Å². The lowest BCUT2D eigenvalue weighted by molar-refractivity contribution is -0.164. The van der Waals surface area contributed by atoms with Crippen LogP contribution in [-0.4, -0.2) is 40.3 Å². The van der Waals surface area contributed by atoms with Crippen LogP contribution < -0.4 is 10.1 Å². The quantitative estimate of drug-likeness (QED) is 0.784. The largest absolute Gasteiger partial charge is 0.497 e. The van der Waals surface area contributed by atoms with E-state index >= 15 is 0 Å². The molecular formula is C13H18F3NO3. The maximum atomic E-state index is 13.1. The molecule has 0 radical (unpaired) electrons. The molecule has 1 rings (SSSR count). The number of hydrogen-bond donors (Lipinski definition) is 1. The van der Waals surface area contributed by atoms with Gasteiger partial charge in [-0.3, -0.25) is 5.32 Å². The maximum absolute atomic E-state index is 13.1. The molecule has 1 aromatic carbocycles. The number of halogens is 3. The lowest BCUT2D eigenvalue weighted by Gasteiger charge is -2.24. The van der Waals surface area contributed by atoms with Crippen molar-refractivity contribution in [2.75, 3.05) is 27.9 Å². The van der Waals surface area contributed by atoms with Crippen molar-refractivity contribution in [1.82, 2.24) is 5.32 Å². The molecule has 1 aromatic rings. The van der Waals surface area contributed by atoms with E-state index in [9.17, 15) is 13.2 Å². The molecule has 1 unspecified atom stereocenters. The van der Waals surface area contributed by atoms with E-state index in [1.54, 1.807) is 0 Å². The zero-order valence-electron chi connectivity index (χ0n) is 11.5. The Bertz CT molecular complexity index is 391. The summed E-state index contributed by atoms with van der Waals surface area (Å²) < 4.78 is 53.9. The van der Waals surface area contributed by atoms with Crippen LogP contribution in [0.25, 0.3) is 0 Å². The van der Waals surface area contributed by atoms with E-state index in [4.69, 9.17) is 14.2 Å². The highest BCUT2D eigenvalue weighted by Gasteiger charge is 2.40. The first-order valence-corrected chi connectivity index (χ1v) is 5.92. The van der Waals surface area contributed by atoms with Gasteiger partial charge in [0, 0.05) is 20.8 Å². The smallest absolute Gasteiger partial charge is 0.407 e. The van der Waals surface area contributed by atoms with Gasteiger partial charge in [0.05, 0.1) is 7.11 Å². The van der Waals surface area contributed by atoms with E-state index in [2.05, 4.69) is 5.32 Å². The van der Waals surface area contributed by atoms with Crippen molar-refractivity contribution in [3.63, 3.8) is 0 Å². The molecule has 114 valence electrons. The minimum Gasteiger partial charge on any atom is -0.497 e. The second kappa shape index (κ2) is 7.47. The third-order valence-corrected chi connectivity index (χ3v) is 2.79. The summed E-state index contributed by atoms with van der Waals surface area (Å²) in [5.41, 5.74) is 0.101. The molecular weight excluding hydrogens is 275 g/mol. The highest BCUT2D eigenvalue weighted by molar-refractivity contribution is 5.29. The highest BCUT2D eigenvalue weighted by atomic mass is 19.4. The molecule has 0 aliphatic rings. The van der Waals surface area contributed by atoms with Crippen LogP contribution in [0.1, 0.15) is 11.6 Å². The van der Waals surface area contributed by atoms with E-state index in [1.165, 1.54) is 45.6 Å². The van der Waals surface area contributed by atoms with E-state index in [0.717, 1.165) is 0 Å². The first-order valence-electron chi connectivity index (χ1n) is 5.92. The number of hydrogen-bond acceptors (Lipinski definition) is 4. The third-order valence-electron chi connectivity index (χ3n) is 2.79. The molecule has 0 spiro atoms. The topological polar surface area (TPSA) is 39.7 Å².